The number of anilines is 1. The van der Waals surface area contributed by atoms with Crippen molar-refractivity contribution < 1.29 is 4.92 Å². The molecule has 0 unspecified atom stereocenters. The maximum atomic E-state index is 10.7. The molecular formula is C14H18N4O2S. The molecule has 0 aliphatic carbocycles. The fourth-order valence-corrected chi connectivity index (χ4v) is 2.73. The standard InChI is InChI=1S/C14H18N4O2S/c1-17(2)10-12(11-6-4-3-5-7-11)8-15-14-16-9-13(21-14)18(19)20/h3-7,9,12H,8,10H2,1-2H3,(H,15,16)/t12-/m1/s1. The van der Waals surface area contributed by atoms with Crippen LogP contribution in [0, 0.1) is 10.1 Å². The number of hydrogen-bond donors (Lipinski definition) is 1. The van der Waals surface area contributed by atoms with Crippen molar-refractivity contribution in [3.05, 3.63) is 52.2 Å². The van der Waals surface area contributed by atoms with Gasteiger partial charge in [0.1, 0.15) is 6.20 Å². The number of likely N-dealkylation sites (N-methyl/N-ethyl adjacent to an activating group) is 1. The van der Waals surface area contributed by atoms with Gasteiger partial charge in [-0.1, -0.05) is 30.3 Å². The zero-order chi connectivity index (χ0) is 15.2. The summed E-state index contributed by atoms with van der Waals surface area (Å²) in [6, 6.07) is 10.2. The molecular weight excluding hydrogens is 288 g/mol. The van der Waals surface area contributed by atoms with E-state index in [9.17, 15) is 10.1 Å². The van der Waals surface area contributed by atoms with Gasteiger partial charge in [0.25, 0.3) is 0 Å². The van der Waals surface area contributed by atoms with Crippen LogP contribution in [0.15, 0.2) is 36.5 Å². The lowest BCUT2D eigenvalue weighted by atomic mass is 9.99. The number of nitro groups is 1. The van der Waals surface area contributed by atoms with Gasteiger partial charge in [-0.15, -0.1) is 0 Å². The maximum Gasteiger partial charge on any atom is 0.345 e. The number of thiazole rings is 1. The van der Waals surface area contributed by atoms with Crippen molar-refractivity contribution in [3.63, 3.8) is 0 Å². The highest BCUT2D eigenvalue weighted by molar-refractivity contribution is 7.18. The first kappa shape index (κ1) is 15.4. The summed E-state index contributed by atoms with van der Waals surface area (Å²) in [5.74, 6) is 0.296. The van der Waals surface area contributed by atoms with E-state index in [0.29, 0.717) is 17.6 Å². The summed E-state index contributed by atoms with van der Waals surface area (Å²) in [7, 11) is 4.06. The maximum absolute atomic E-state index is 10.7. The first-order valence-corrected chi connectivity index (χ1v) is 7.41. The molecule has 0 saturated carbocycles. The number of rotatable bonds is 7. The molecule has 1 aromatic carbocycles. The molecule has 6 nitrogen and oxygen atoms in total. The second-order valence-corrected chi connectivity index (χ2v) is 6.02. The summed E-state index contributed by atoms with van der Waals surface area (Å²) in [4.78, 5) is 16.4. The predicted octanol–water partition coefficient (Wildman–Crippen LogP) is 2.81. The topological polar surface area (TPSA) is 71.3 Å². The molecule has 2 aromatic rings. The minimum absolute atomic E-state index is 0.0568. The summed E-state index contributed by atoms with van der Waals surface area (Å²) in [6.07, 6.45) is 1.29. The lowest BCUT2D eigenvalue weighted by Crippen LogP contribution is -2.25. The van der Waals surface area contributed by atoms with E-state index in [0.717, 1.165) is 17.9 Å². The van der Waals surface area contributed by atoms with Gasteiger partial charge in [0.15, 0.2) is 5.13 Å². The van der Waals surface area contributed by atoms with Crippen molar-refractivity contribution in [1.82, 2.24) is 9.88 Å². The Bertz CT molecular complexity index is 586. The van der Waals surface area contributed by atoms with Crippen LogP contribution in [-0.4, -0.2) is 42.0 Å². The van der Waals surface area contributed by atoms with Crippen LogP contribution in [0.2, 0.25) is 0 Å². The first-order chi connectivity index (χ1) is 10.1. The zero-order valence-electron chi connectivity index (χ0n) is 12.0. The van der Waals surface area contributed by atoms with E-state index >= 15 is 0 Å². The van der Waals surface area contributed by atoms with E-state index < -0.39 is 4.92 Å². The largest absolute Gasteiger partial charge is 0.361 e. The number of aromatic nitrogens is 1. The predicted molar refractivity (Wildman–Crippen MR) is 85.0 cm³/mol. The third-order valence-electron chi connectivity index (χ3n) is 3.03. The average molecular weight is 306 g/mol. The Morgan fingerprint density at radius 3 is 2.67 bits per heavy atom. The van der Waals surface area contributed by atoms with Gasteiger partial charge in [-0.25, -0.2) is 4.98 Å². The van der Waals surface area contributed by atoms with Crippen LogP contribution < -0.4 is 5.32 Å². The third-order valence-corrected chi connectivity index (χ3v) is 3.94. The Labute approximate surface area is 127 Å². The van der Waals surface area contributed by atoms with Crippen LogP contribution in [0.4, 0.5) is 10.1 Å². The summed E-state index contributed by atoms with van der Waals surface area (Å²) < 4.78 is 0. The Kier molecular flexibility index (Phi) is 5.24. The van der Waals surface area contributed by atoms with Crippen LogP contribution in [-0.2, 0) is 0 Å². The van der Waals surface area contributed by atoms with Gasteiger partial charge in [-0.3, -0.25) is 10.1 Å². The zero-order valence-corrected chi connectivity index (χ0v) is 12.8. The molecule has 0 aliphatic rings. The highest BCUT2D eigenvalue weighted by Crippen LogP contribution is 2.26. The lowest BCUT2D eigenvalue weighted by Gasteiger charge is -2.21. The van der Waals surface area contributed by atoms with Gasteiger partial charge >= 0.3 is 5.00 Å². The van der Waals surface area contributed by atoms with Crippen molar-refractivity contribution >= 4 is 21.5 Å². The Morgan fingerprint density at radius 1 is 1.38 bits per heavy atom. The minimum Gasteiger partial charge on any atom is -0.361 e. The number of nitrogens with one attached hydrogen (secondary N) is 1. The van der Waals surface area contributed by atoms with Gasteiger partial charge in [0.2, 0.25) is 0 Å². The van der Waals surface area contributed by atoms with Crippen molar-refractivity contribution in [2.24, 2.45) is 0 Å². The molecule has 0 radical (unpaired) electrons. The second-order valence-electron chi connectivity index (χ2n) is 5.01. The molecule has 0 fully saturated rings. The number of hydrogen-bond acceptors (Lipinski definition) is 6. The summed E-state index contributed by atoms with van der Waals surface area (Å²) in [5.41, 5.74) is 1.24. The summed E-state index contributed by atoms with van der Waals surface area (Å²) >= 11 is 1.06. The van der Waals surface area contributed by atoms with Crippen LogP contribution in [0.3, 0.4) is 0 Å². The first-order valence-electron chi connectivity index (χ1n) is 6.60. The molecule has 0 saturated heterocycles. The summed E-state index contributed by atoms with van der Waals surface area (Å²) in [6.45, 7) is 1.58. The van der Waals surface area contributed by atoms with Gasteiger partial charge in [-0.2, -0.15) is 0 Å². The highest BCUT2D eigenvalue weighted by Gasteiger charge is 2.15. The molecule has 0 amide bonds. The fraction of sp³-hybridized carbons (Fsp3) is 0.357. The average Bonchev–Trinajstić information content (AvgIpc) is 2.93. The van der Waals surface area contributed by atoms with Gasteiger partial charge in [0, 0.05) is 19.0 Å². The normalized spacial score (nSPS) is 12.3. The van der Waals surface area contributed by atoms with Crippen LogP contribution >= 0.6 is 11.3 Å². The van der Waals surface area contributed by atoms with E-state index in [1.807, 2.05) is 32.3 Å². The minimum atomic E-state index is -0.419. The quantitative estimate of drug-likeness (QED) is 0.629. The monoisotopic (exact) mass is 306 g/mol. The number of benzene rings is 1. The molecule has 1 atom stereocenters. The smallest absolute Gasteiger partial charge is 0.345 e. The summed E-state index contributed by atoms with van der Waals surface area (Å²) in [5, 5.41) is 14.5. The lowest BCUT2D eigenvalue weighted by molar-refractivity contribution is -0.380. The van der Waals surface area contributed by atoms with Crippen molar-refractivity contribution in [1.29, 1.82) is 0 Å². The van der Waals surface area contributed by atoms with Gasteiger partial charge < -0.3 is 10.2 Å². The van der Waals surface area contributed by atoms with Crippen LogP contribution in [0.1, 0.15) is 11.5 Å². The molecule has 1 aromatic heterocycles. The number of nitrogens with zero attached hydrogens (tertiary/aromatic N) is 3. The second kappa shape index (κ2) is 7.14. The van der Waals surface area contributed by atoms with Crippen LogP contribution in [0.5, 0.6) is 0 Å². The molecule has 112 valence electrons. The SMILES string of the molecule is CN(C)C[C@@H](CNc1ncc([N+](=O)[O-])s1)c1ccccc1. The molecule has 2 rings (SSSR count). The van der Waals surface area contributed by atoms with Crippen molar-refractivity contribution in [2.45, 2.75) is 5.92 Å². The third kappa shape index (κ3) is 4.51. The van der Waals surface area contributed by atoms with Crippen LogP contribution in [0.25, 0.3) is 0 Å². The van der Waals surface area contributed by atoms with E-state index in [-0.39, 0.29) is 5.00 Å². The molecule has 7 heteroatoms. The molecule has 1 heterocycles. The van der Waals surface area contributed by atoms with E-state index in [2.05, 4.69) is 27.3 Å². The Balaban J connectivity index is 2.03. The molecule has 21 heavy (non-hydrogen) atoms. The Hall–Kier alpha value is -1.99. The van der Waals surface area contributed by atoms with Crippen molar-refractivity contribution in [2.75, 3.05) is 32.5 Å². The van der Waals surface area contributed by atoms with E-state index in [1.165, 1.54) is 11.8 Å². The molecule has 0 spiro atoms. The van der Waals surface area contributed by atoms with E-state index in [4.69, 9.17) is 0 Å². The van der Waals surface area contributed by atoms with Gasteiger partial charge in [-0.05, 0) is 31.0 Å². The van der Waals surface area contributed by atoms with Gasteiger partial charge in [0.05, 0.1) is 4.92 Å². The highest BCUT2D eigenvalue weighted by atomic mass is 32.1. The fourth-order valence-electron chi connectivity index (χ4n) is 2.10. The molecule has 0 bridgehead atoms. The van der Waals surface area contributed by atoms with Crippen molar-refractivity contribution in [3.8, 4) is 0 Å². The Morgan fingerprint density at radius 2 is 2.10 bits per heavy atom. The molecule has 1 N–H and O–H groups in total. The molecule has 0 aliphatic heterocycles. The van der Waals surface area contributed by atoms with E-state index in [1.54, 1.807) is 0 Å².